The molecular formula is C16H11FIN3O. The van der Waals surface area contributed by atoms with Gasteiger partial charge in [-0.25, -0.2) is 9.18 Å². The van der Waals surface area contributed by atoms with E-state index < -0.39 is 11.8 Å². The number of hydrogen-bond acceptors (Lipinski definition) is 2. The third-order valence-corrected chi connectivity index (χ3v) is 4.04. The first-order chi connectivity index (χ1) is 10.6. The third-order valence-electron chi connectivity index (χ3n) is 3.10. The third kappa shape index (κ3) is 3.16. The van der Waals surface area contributed by atoms with Crippen molar-refractivity contribution in [3.8, 4) is 0 Å². The van der Waals surface area contributed by atoms with E-state index in [4.69, 9.17) is 0 Å². The maximum absolute atomic E-state index is 13.1. The van der Waals surface area contributed by atoms with E-state index >= 15 is 0 Å². The fraction of sp³-hybridized carbons (Fsp3) is 0. The van der Waals surface area contributed by atoms with Crippen molar-refractivity contribution in [2.75, 3.05) is 10.6 Å². The predicted molar refractivity (Wildman–Crippen MR) is 93.5 cm³/mol. The molecule has 1 heterocycles. The van der Waals surface area contributed by atoms with Gasteiger partial charge in [-0.05, 0) is 59.0 Å². The monoisotopic (exact) mass is 407 g/mol. The molecule has 6 heteroatoms. The Bertz CT molecular complexity index is 854. The Morgan fingerprint density at radius 3 is 2.77 bits per heavy atom. The number of anilines is 2. The van der Waals surface area contributed by atoms with Crippen LogP contribution in [0.15, 0.2) is 54.9 Å². The molecule has 0 aliphatic carbocycles. The zero-order chi connectivity index (χ0) is 15.5. The lowest BCUT2D eigenvalue weighted by Gasteiger charge is -2.11. The first kappa shape index (κ1) is 14.7. The predicted octanol–water partition coefficient (Wildman–Crippen LogP) is 4.62. The number of carbonyl (C=O) groups excluding carboxylic acids is 1. The maximum atomic E-state index is 13.1. The fourth-order valence-electron chi connectivity index (χ4n) is 2.11. The second-order valence-corrected chi connectivity index (χ2v) is 5.77. The minimum absolute atomic E-state index is 0.394. The van der Waals surface area contributed by atoms with Crippen LogP contribution in [0.4, 0.5) is 20.6 Å². The van der Waals surface area contributed by atoms with Gasteiger partial charge in [0, 0.05) is 32.4 Å². The number of nitrogens with zero attached hydrogens (tertiary/aromatic N) is 1. The van der Waals surface area contributed by atoms with Gasteiger partial charge in [-0.2, -0.15) is 0 Å². The van der Waals surface area contributed by atoms with Crippen molar-refractivity contribution in [2.24, 2.45) is 0 Å². The second kappa shape index (κ2) is 6.27. The molecule has 0 bridgehead atoms. The summed E-state index contributed by atoms with van der Waals surface area (Å²) >= 11 is 2.23. The fourth-order valence-corrected chi connectivity index (χ4v) is 2.76. The normalized spacial score (nSPS) is 10.5. The van der Waals surface area contributed by atoms with E-state index in [0.717, 1.165) is 14.3 Å². The zero-order valence-electron chi connectivity index (χ0n) is 11.3. The molecule has 0 unspecified atom stereocenters. The average Bonchev–Trinajstić information content (AvgIpc) is 2.50. The molecule has 3 rings (SSSR count). The molecule has 2 N–H and O–H groups in total. The summed E-state index contributed by atoms with van der Waals surface area (Å²) in [6, 6.07) is 10.9. The highest BCUT2D eigenvalue weighted by molar-refractivity contribution is 14.1. The van der Waals surface area contributed by atoms with Crippen LogP contribution in [0.5, 0.6) is 0 Å². The molecule has 3 aromatic rings. The van der Waals surface area contributed by atoms with E-state index in [0.29, 0.717) is 11.4 Å². The molecule has 110 valence electrons. The van der Waals surface area contributed by atoms with Crippen LogP contribution in [0, 0.1) is 9.39 Å². The molecule has 0 saturated heterocycles. The largest absolute Gasteiger partial charge is 0.323 e. The summed E-state index contributed by atoms with van der Waals surface area (Å²) in [5, 5.41) is 7.23. The molecule has 2 aromatic carbocycles. The molecule has 1 aromatic heterocycles. The van der Waals surface area contributed by atoms with Crippen molar-refractivity contribution in [2.45, 2.75) is 0 Å². The van der Waals surface area contributed by atoms with Gasteiger partial charge in [0.05, 0.1) is 5.69 Å². The molecule has 4 nitrogen and oxygen atoms in total. The summed E-state index contributed by atoms with van der Waals surface area (Å²) in [5.74, 6) is -0.401. The molecule has 0 saturated carbocycles. The Balaban J connectivity index is 1.84. The van der Waals surface area contributed by atoms with E-state index in [-0.39, 0.29) is 0 Å². The number of fused-ring (bicyclic) bond motifs is 1. The van der Waals surface area contributed by atoms with Crippen LogP contribution in [0.1, 0.15) is 0 Å². The van der Waals surface area contributed by atoms with Gasteiger partial charge in [-0.3, -0.25) is 4.98 Å². The minimum atomic E-state index is -0.433. The van der Waals surface area contributed by atoms with Gasteiger partial charge >= 0.3 is 6.03 Å². The summed E-state index contributed by atoms with van der Waals surface area (Å²) < 4.78 is 14.2. The van der Waals surface area contributed by atoms with E-state index in [1.54, 1.807) is 18.5 Å². The van der Waals surface area contributed by atoms with Crippen molar-refractivity contribution < 1.29 is 9.18 Å². The Labute approximate surface area is 139 Å². The molecule has 0 fully saturated rings. The van der Waals surface area contributed by atoms with Crippen LogP contribution < -0.4 is 10.6 Å². The van der Waals surface area contributed by atoms with Crippen molar-refractivity contribution in [3.05, 3.63) is 64.2 Å². The lowest BCUT2D eigenvalue weighted by Crippen LogP contribution is -2.19. The summed E-state index contributed by atoms with van der Waals surface area (Å²) in [4.78, 5) is 16.1. The molecule has 2 amide bonds. The lowest BCUT2D eigenvalue weighted by molar-refractivity contribution is 0.262. The number of pyridine rings is 1. The molecule has 0 atom stereocenters. The summed E-state index contributed by atoms with van der Waals surface area (Å²) in [7, 11) is 0. The SMILES string of the molecule is O=C(Nc1cccc(F)c1)Nc1ccc(I)c2ccncc12. The standard InChI is InChI=1S/C16H11FIN3O/c17-10-2-1-3-11(8-10)20-16(22)21-15-5-4-14(18)12-6-7-19-9-13(12)15/h1-9H,(H2,20,21,22). The topological polar surface area (TPSA) is 54.0 Å². The van der Waals surface area contributed by atoms with Crippen LogP contribution in [-0.4, -0.2) is 11.0 Å². The smallest absolute Gasteiger partial charge is 0.308 e. The molecule has 0 aliphatic heterocycles. The zero-order valence-corrected chi connectivity index (χ0v) is 13.5. The molecule has 22 heavy (non-hydrogen) atoms. The minimum Gasteiger partial charge on any atom is -0.308 e. The number of amides is 2. The number of hydrogen-bond donors (Lipinski definition) is 2. The molecule has 0 spiro atoms. The van der Waals surface area contributed by atoms with Gasteiger partial charge in [-0.15, -0.1) is 0 Å². The first-order valence-electron chi connectivity index (χ1n) is 6.49. The Kier molecular flexibility index (Phi) is 4.19. The number of halogens is 2. The Hall–Kier alpha value is -2.22. The van der Waals surface area contributed by atoms with Crippen molar-refractivity contribution in [1.29, 1.82) is 0 Å². The summed E-state index contributed by atoms with van der Waals surface area (Å²) in [6.07, 6.45) is 3.41. The van der Waals surface area contributed by atoms with Gasteiger partial charge in [0.15, 0.2) is 0 Å². The van der Waals surface area contributed by atoms with E-state index in [1.807, 2.05) is 18.2 Å². The first-order valence-corrected chi connectivity index (χ1v) is 7.57. The van der Waals surface area contributed by atoms with Crippen molar-refractivity contribution in [1.82, 2.24) is 4.98 Å². The number of urea groups is 1. The maximum Gasteiger partial charge on any atom is 0.323 e. The Morgan fingerprint density at radius 2 is 1.95 bits per heavy atom. The molecule has 0 radical (unpaired) electrons. The van der Waals surface area contributed by atoms with Gasteiger partial charge in [0.1, 0.15) is 5.82 Å². The number of aromatic nitrogens is 1. The van der Waals surface area contributed by atoms with E-state index in [2.05, 4.69) is 38.2 Å². The van der Waals surface area contributed by atoms with Crippen LogP contribution in [0.2, 0.25) is 0 Å². The number of rotatable bonds is 2. The van der Waals surface area contributed by atoms with Gasteiger partial charge in [-0.1, -0.05) is 6.07 Å². The van der Waals surface area contributed by atoms with Gasteiger partial charge in [0.2, 0.25) is 0 Å². The number of carbonyl (C=O) groups is 1. The second-order valence-electron chi connectivity index (χ2n) is 4.61. The number of nitrogens with one attached hydrogen (secondary N) is 2. The molecule has 0 aliphatic rings. The summed E-state index contributed by atoms with van der Waals surface area (Å²) in [6.45, 7) is 0. The van der Waals surface area contributed by atoms with Gasteiger partial charge in [0.25, 0.3) is 0 Å². The van der Waals surface area contributed by atoms with Crippen molar-refractivity contribution in [3.63, 3.8) is 0 Å². The summed E-state index contributed by atoms with van der Waals surface area (Å²) in [5.41, 5.74) is 1.04. The highest BCUT2D eigenvalue weighted by Gasteiger charge is 2.08. The van der Waals surface area contributed by atoms with Crippen LogP contribution >= 0.6 is 22.6 Å². The van der Waals surface area contributed by atoms with Crippen LogP contribution in [0.3, 0.4) is 0 Å². The van der Waals surface area contributed by atoms with Crippen LogP contribution in [0.25, 0.3) is 10.8 Å². The lowest BCUT2D eigenvalue weighted by atomic mass is 10.1. The highest BCUT2D eigenvalue weighted by atomic mass is 127. The average molecular weight is 407 g/mol. The van der Waals surface area contributed by atoms with E-state index in [9.17, 15) is 9.18 Å². The number of benzene rings is 2. The molecular weight excluding hydrogens is 396 g/mol. The van der Waals surface area contributed by atoms with Crippen molar-refractivity contribution >= 4 is 50.8 Å². The van der Waals surface area contributed by atoms with Crippen LogP contribution in [-0.2, 0) is 0 Å². The quantitative estimate of drug-likeness (QED) is 0.610. The van der Waals surface area contributed by atoms with E-state index in [1.165, 1.54) is 18.2 Å². The highest BCUT2D eigenvalue weighted by Crippen LogP contribution is 2.27. The Morgan fingerprint density at radius 1 is 1.09 bits per heavy atom. The van der Waals surface area contributed by atoms with Gasteiger partial charge < -0.3 is 10.6 Å².